The van der Waals surface area contributed by atoms with Gasteiger partial charge in [0, 0.05) is 22.0 Å². The number of carbonyl (C=O) groups excluding carboxylic acids is 1. The summed E-state index contributed by atoms with van der Waals surface area (Å²) in [6.07, 6.45) is 1.48. The first-order chi connectivity index (χ1) is 18.5. The second kappa shape index (κ2) is 11.6. The molecule has 11 heteroatoms. The van der Waals surface area contributed by atoms with Crippen LogP contribution in [0.1, 0.15) is 22.5 Å². The van der Waals surface area contributed by atoms with Gasteiger partial charge in [-0.3, -0.25) is 9.10 Å². The highest BCUT2D eigenvalue weighted by atomic mass is 35.5. The molecule has 1 aromatic heterocycles. The zero-order valence-corrected chi connectivity index (χ0v) is 23.6. The lowest BCUT2D eigenvalue weighted by Crippen LogP contribution is -2.39. The molecule has 3 aromatic carbocycles. The molecular weight excluding hydrogens is 562 g/mol. The van der Waals surface area contributed by atoms with Crippen molar-refractivity contribution >= 4 is 51.0 Å². The van der Waals surface area contributed by atoms with Crippen molar-refractivity contribution in [3.8, 4) is 5.69 Å². The van der Waals surface area contributed by atoms with E-state index in [1.165, 1.54) is 6.21 Å². The van der Waals surface area contributed by atoms with Gasteiger partial charge in [-0.1, -0.05) is 40.9 Å². The zero-order valence-electron chi connectivity index (χ0n) is 21.3. The molecule has 0 radical (unpaired) electrons. The Labute approximate surface area is 236 Å². The number of sulfonamides is 1. The Morgan fingerprint density at radius 2 is 1.67 bits per heavy atom. The number of rotatable bonds is 8. The van der Waals surface area contributed by atoms with E-state index in [2.05, 4.69) is 10.5 Å². The minimum Gasteiger partial charge on any atom is -0.316 e. The summed E-state index contributed by atoms with van der Waals surface area (Å²) in [6, 6.07) is 18.2. The van der Waals surface area contributed by atoms with Gasteiger partial charge in [0.1, 0.15) is 12.4 Å². The highest BCUT2D eigenvalue weighted by Crippen LogP contribution is 2.28. The molecular formula is C28H25Cl2FN4O3S. The number of benzene rings is 3. The topological polar surface area (TPSA) is 83.8 Å². The van der Waals surface area contributed by atoms with E-state index in [9.17, 15) is 17.6 Å². The Balaban J connectivity index is 1.56. The SMILES string of the molecule is Cc1ccc(N(CC(=O)N/N=C/c2cc(C)n(-c3ccc(Cl)cc3Cl)c2C)S(=O)(=O)c2ccc(F)cc2)cc1. The number of hydrazone groups is 1. The van der Waals surface area contributed by atoms with E-state index >= 15 is 0 Å². The lowest BCUT2D eigenvalue weighted by atomic mass is 10.2. The molecule has 0 aliphatic carbocycles. The summed E-state index contributed by atoms with van der Waals surface area (Å²) in [7, 11) is -4.17. The second-order valence-corrected chi connectivity index (χ2v) is 11.6. The predicted molar refractivity (Wildman–Crippen MR) is 153 cm³/mol. The first kappa shape index (κ1) is 28.4. The van der Waals surface area contributed by atoms with Crippen molar-refractivity contribution in [1.82, 2.24) is 9.99 Å². The van der Waals surface area contributed by atoms with Crippen molar-refractivity contribution in [3.05, 3.63) is 111 Å². The smallest absolute Gasteiger partial charge is 0.264 e. The van der Waals surface area contributed by atoms with Crippen LogP contribution in [0.4, 0.5) is 10.1 Å². The standard InChI is InChI=1S/C28H25Cl2FN4O3S/c1-18-4-9-24(10-5-18)34(39(37,38)25-11-7-23(31)8-12-25)17-28(36)33-32-16-21-14-19(2)35(20(21)3)27-13-6-22(29)15-26(27)30/h4-16H,17H2,1-3H3,(H,33,36)/b32-16+. The van der Waals surface area contributed by atoms with Crippen molar-refractivity contribution in [2.75, 3.05) is 10.8 Å². The maximum Gasteiger partial charge on any atom is 0.264 e. The molecule has 1 N–H and O–H groups in total. The van der Waals surface area contributed by atoms with Gasteiger partial charge < -0.3 is 4.57 Å². The van der Waals surface area contributed by atoms with Crippen LogP contribution in [0.2, 0.25) is 10.0 Å². The van der Waals surface area contributed by atoms with Crippen LogP contribution in [0.25, 0.3) is 5.69 Å². The number of halogens is 3. The largest absolute Gasteiger partial charge is 0.316 e. The molecule has 202 valence electrons. The third-order valence-electron chi connectivity index (χ3n) is 6.02. The number of hydrogen-bond acceptors (Lipinski definition) is 4. The fourth-order valence-corrected chi connectivity index (χ4v) is 5.97. The molecule has 1 heterocycles. The van der Waals surface area contributed by atoms with E-state index in [0.29, 0.717) is 10.0 Å². The molecule has 0 saturated heterocycles. The van der Waals surface area contributed by atoms with Crippen LogP contribution in [0, 0.1) is 26.6 Å². The normalized spacial score (nSPS) is 11.6. The zero-order chi connectivity index (χ0) is 28.3. The van der Waals surface area contributed by atoms with Crippen LogP contribution < -0.4 is 9.73 Å². The fourth-order valence-electron chi connectivity index (χ4n) is 4.05. The summed E-state index contributed by atoms with van der Waals surface area (Å²) in [4.78, 5) is 12.7. The summed E-state index contributed by atoms with van der Waals surface area (Å²) >= 11 is 12.4. The number of carbonyl (C=O) groups is 1. The first-order valence-electron chi connectivity index (χ1n) is 11.8. The molecule has 39 heavy (non-hydrogen) atoms. The molecule has 0 spiro atoms. The minimum absolute atomic E-state index is 0.144. The van der Waals surface area contributed by atoms with Crippen LogP contribution in [-0.4, -0.2) is 31.7 Å². The maximum absolute atomic E-state index is 13.4. The van der Waals surface area contributed by atoms with E-state index in [1.807, 2.05) is 37.5 Å². The second-order valence-electron chi connectivity index (χ2n) is 8.85. The van der Waals surface area contributed by atoms with Gasteiger partial charge in [-0.25, -0.2) is 18.2 Å². The van der Waals surface area contributed by atoms with Gasteiger partial charge in [0.15, 0.2) is 0 Å². The van der Waals surface area contributed by atoms with E-state index in [0.717, 1.165) is 56.8 Å². The fraction of sp³-hybridized carbons (Fsp3) is 0.143. The number of hydrogen-bond donors (Lipinski definition) is 1. The lowest BCUT2D eigenvalue weighted by molar-refractivity contribution is -0.119. The highest BCUT2D eigenvalue weighted by Gasteiger charge is 2.27. The molecule has 4 aromatic rings. The third-order valence-corrected chi connectivity index (χ3v) is 8.35. The number of aryl methyl sites for hydroxylation is 2. The Bertz CT molecular complexity index is 1650. The van der Waals surface area contributed by atoms with E-state index in [-0.39, 0.29) is 10.6 Å². The average Bonchev–Trinajstić information content (AvgIpc) is 3.16. The van der Waals surface area contributed by atoms with Crippen molar-refractivity contribution in [3.63, 3.8) is 0 Å². The molecule has 0 bridgehead atoms. The monoisotopic (exact) mass is 586 g/mol. The van der Waals surface area contributed by atoms with E-state index in [1.54, 1.807) is 36.4 Å². The molecule has 0 aliphatic heterocycles. The van der Waals surface area contributed by atoms with Crippen molar-refractivity contribution in [1.29, 1.82) is 0 Å². The van der Waals surface area contributed by atoms with Gasteiger partial charge in [0.25, 0.3) is 15.9 Å². The van der Waals surface area contributed by atoms with Crippen LogP contribution >= 0.6 is 23.2 Å². The van der Waals surface area contributed by atoms with Crippen molar-refractivity contribution in [2.45, 2.75) is 25.7 Å². The number of amides is 1. The molecule has 0 unspecified atom stereocenters. The molecule has 0 atom stereocenters. The maximum atomic E-state index is 13.4. The van der Waals surface area contributed by atoms with Crippen LogP contribution in [0.15, 0.2) is 82.8 Å². The quantitative estimate of drug-likeness (QED) is 0.197. The number of aromatic nitrogens is 1. The van der Waals surface area contributed by atoms with Gasteiger partial charge in [0.05, 0.1) is 27.5 Å². The Morgan fingerprint density at radius 3 is 2.31 bits per heavy atom. The number of nitrogens with zero attached hydrogens (tertiary/aromatic N) is 3. The van der Waals surface area contributed by atoms with Crippen LogP contribution in [0.3, 0.4) is 0 Å². The van der Waals surface area contributed by atoms with Gasteiger partial charge in [-0.15, -0.1) is 0 Å². The molecule has 1 amide bonds. The minimum atomic E-state index is -4.17. The summed E-state index contributed by atoms with van der Waals surface area (Å²) < 4.78 is 43.1. The van der Waals surface area contributed by atoms with Gasteiger partial charge in [-0.2, -0.15) is 5.10 Å². The van der Waals surface area contributed by atoms with Crippen molar-refractivity contribution < 1.29 is 17.6 Å². The Hall–Kier alpha value is -3.66. The van der Waals surface area contributed by atoms with E-state index in [4.69, 9.17) is 23.2 Å². The van der Waals surface area contributed by atoms with Crippen LogP contribution in [-0.2, 0) is 14.8 Å². The van der Waals surface area contributed by atoms with Gasteiger partial charge in [-0.05, 0) is 81.4 Å². The molecule has 4 rings (SSSR count). The summed E-state index contributed by atoms with van der Waals surface area (Å²) in [6.45, 7) is 5.12. The molecule has 0 fully saturated rings. The summed E-state index contributed by atoms with van der Waals surface area (Å²) in [5.41, 5.74) is 6.80. The molecule has 0 aliphatic rings. The third kappa shape index (κ3) is 6.33. The Morgan fingerprint density at radius 1 is 1.00 bits per heavy atom. The molecule has 7 nitrogen and oxygen atoms in total. The Kier molecular flexibility index (Phi) is 8.44. The summed E-state index contributed by atoms with van der Waals surface area (Å²) in [5.74, 6) is -1.23. The van der Waals surface area contributed by atoms with Crippen molar-refractivity contribution in [2.24, 2.45) is 5.10 Å². The highest BCUT2D eigenvalue weighted by molar-refractivity contribution is 7.92. The van der Waals surface area contributed by atoms with Crippen LogP contribution in [0.5, 0.6) is 0 Å². The van der Waals surface area contributed by atoms with E-state index < -0.39 is 28.3 Å². The first-order valence-corrected chi connectivity index (χ1v) is 14.0. The summed E-state index contributed by atoms with van der Waals surface area (Å²) in [5, 5.41) is 5.06. The van der Waals surface area contributed by atoms with Gasteiger partial charge in [0.2, 0.25) is 0 Å². The predicted octanol–water partition coefficient (Wildman–Crippen LogP) is 6.19. The average molecular weight is 588 g/mol. The molecule has 0 saturated carbocycles. The number of nitrogens with one attached hydrogen (secondary N) is 1. The lowest BCUT2D eigenvalue weighted by Gasteiger charge is -2.23. The number of anilines is 1. The van der Waals surface area contributed by atoms with Gasteiger partial charge >= 0.3 is 0 Å².